The van der Waals surface area contributed by atoms with E-state index in [1.807, 2.05) is 0 Å². The SMILES string of the molecule is NC(=O)CC[C@H]([NH3+])C(=O)O.O=C([O-])c1ccc[n+]([C@@H]2O[C@H](COP(=O)([O-])O)[C@@H](O)[C@H]2O)c1. The van der Waals surface area contributed by atoms with Crippen LogP contribution in [0.5, 0.6) is 0 Å². The van der Waals surface area contributed by atoms with E-state index >= 15 is 0 Å². The van der Waals surface area contributed by atoms with Crippen LogP contribution in [0.3, 0.4) is 0 Å². The summed E-state index contributed by atoms with van der Waals surface area (Å²) in [5.74, 6) is -2.93. The molecule has 0 radical (unpaired) electrons. The molecule has 1 aromatic rings. The number of nitrogens with two attached hydrogens (primary N) is 1. The van der Waals surface area contributed by atoms with Crippen molar-refractivity contribution in [2.75, 3.05) is 6.61 Å². The number of quaternary nitrogens is 1. The average Bonchev–Trinajstić information content (AvgIpc) is 2.98. The third kappa shape index (κ3) is 8.94. The van der Waals surface area contributed by atoms with Crippen molar-refractivity contribution < 1.29 is 68.7 Å². The van der Waals surface area contributed by atoms with Crippen molar-refractivity contribution in [2.24, 2.45) is 5.73 Å². The molecule has 15 nitrogen and oxygen atoms in total. The van der Waals surface area contributed by atoms with E-state index in [9.17, 15) is 39.2 Å². The predicted molar refractivity (Wildman–Crippen MR) is 95.4 cm³/mol. The van der Waals surface area contributed by atoms with Crippen molar-refractivity contribution >= 4 is 25.7 Å². The molecule has 1 aliphatic heterocycles. The topological polar surface area (TPSA) is 271 Å². The predicted octanol–water partition coefficient (Wildman–Crippen LogP) is -5.62. The smallest absolute Gasteiger partial charge is 0.362 e. The van der Waals surface area contributed by atoms with Crippen molar-refractivity contribution in [1.29, 1.82) is 0 Å². The van der Waals surface area contributed by atoms with E-state index in [0.717, 1.165) is 6.20 Å². The molecule has 0 aliphatic carbocycles. The van der Waals surface area contributed by atoms with Gasteiger partial charge in [-0.05, 0) is 6.07 Å². The van der Waals surface area contributed by atoms with Crippen LogP contribution in [0.15, 0.2) is 24.5 Å². The molecule has 9 N–H and O–H groups in total. The number of phosphoric ester groups is 1. The van der Waals surface area contributed by atoms with Crippen LogP contribution >= 0.6 is 7.82 Å². The van der Waals surface area contributed by atoms with Crippen molar-refractivity contribution in [3.63, 3.8) is 0 Å². The van der Waals surface area contributed by atoms with Gasteiger partial charge in [0, 0.05) is 18.9 Å². The highest BCUT2D eigenvalue weighted by Gasteiger charge is 2.48. The number of hydrogen-bond acceptors (Lipinski definition) is 10. The summed E-state index contributed by atoms with van der Waals surface area (Å²) >= 11 is 0. The van der Waals surface area contributed by atoms with Gasteiger partial charge in [-0.2, -0.15) is 4.57 Å². The van der Waals surface area contributed by atoms with E-state index in [4.69, 9.17) is 20.5 Å². The summed E-state index contributed by atoms with van der Waals surface area (Å²) in [5, 5.41) is 38.8. The summed E-state index contributed by atoms with van der Waals surface area (Å²) in [6, 6.07) is 1.91. The standard InChI is InChI=1S/C11H14NO9P.C5H10N2O3/c13-8-7(5-20-22(17,18)19)21-10(9(8)14)12-3-1-2-6(4-12)11(15)16;6-3(5(9)10)1-2-4(7)8/h1-4,7-10,13-14H,5H2,(H2-,15,16,17,18,19);3H,1-2,6H2,(H2,7,8)(H,9,10)/t7-,8-,9-,10-;3-/m10/s1. The minimum absolute atomic E-state index is 0.0838. The number of aromatic nitrogens is 1. The summed E-state index contributed by atoms with van der Waals surface area (Å²) in [5.41, 5.74) is 7.91. The fourth-order valence-corrected chi connectivity index (χ4v) is 2.83. The summed E-state index contributed by atoms with van der Waals surface area (Å²) < 4.78 is 21.1. The molecular formula is C16H24N3O12P. The van der Waals surface area contributed by atoms with Gasteiger partial charge in [0.1, 0.15) is 12.2 Å². The van der Waals surface area contributed by atoms with E-state index in [2.05, 4.69) is 10.3 Å². The van der Waals surface area contributed by atoms with Gasteiger partial charge in [0.25, 0.3) is 14.1 Å². The van der Waals surface area contributed by atoms with Crippen LogP contribution in [-0.4, -0.2) is 69.0 Å². The molecule has 0 spiro atoms. The normalized spacial score (nSPS) is 25.2. The third-order valence-electron chi connectivity index (χ3n) is 4.18. The zero-order chi connectivity index (χ0) is 24.6. The lowest BCUT2D eigenvalue weighted by Crippen LogP contribution is -2.65. The van der Waals surface area contributed by atoms with E-state index in [1.54, 1.807) is 0 Å². The lowest BCUT2D eigenvalue weighted by Gasteiger charge is -2.19. The van der Waals surface area contributed by atoms with Gasteiger partial charge in [-0.15, -0.1) is 0 Å². The number of pyridine rings is 1. The van der Waals surface area contributed by atoms with Crippen LogP contribution in [0.25, 0.3) is 0 Å². The number of aliphatic hydroxyl groups is 2. The quantitative estimate of drug-likeness (QED) is 0.142. The van der Waals surface area contributed by atoms with Crippen molar-refractivity contribution in [2.45, 2.75) is 43.4 Å². The number of primary amides is 1. The third-order valence-corrected chi connectivity index (χ3v) is 4.65. The van der Waals surface area contributed by atoms with Crippen molar-refractivity contribution in [3.8, 4) is 0 Å². The summed E-state index contributed by atoms with van der Waals surface area (Å²) in [4.78, 5) is 50.1. The summed E-state index contributed by atoms with van der Waals surface area (Å²) in [7, 11) is -4.99. The Morgan fingerprint density at radius 3 is 2.47 bits per heavy atom. The highest BCUT2D eigenvalue weighted by molar-refractivity contribution is 7.44. The summed E-state index contributed by atoms with van der Waals surface area (Å²) in [6.07, 6.45) is -2.52. The molecule has 32 heavy (non-hydrogen) atoms. The Balaban J connectivity index is 0.000000433. The molecular weight excluding hydrogens is 457 g/mol. The van der Waals surface area contributed by atoms with Crippen LogP contribution in [-0.2, 0) is 23.4 Å². The molecule has 1 amide bonds. The number of amides is 1. The van der Waals surface area contributed by atoms with Crippen LogP contribution in [0.2, 0.25) is 0 Å². The monoisotopic (exact) mass is 481 g/mol. The zero-order valence-electron chi connectivity index (χ0n) is 16.6. The Labute approximate surface area is 181 Å². The first kappa shape index (κ1) is 27.5. The van der Waals surface area contributed by atoms with Crippen LogP contribution < -0.4 is 26.0 Å². The van der Waals surface area contributed by atoms with E-state index in [1.165, 1.54) is 22.9 Å². The number of rotatable bonds is 9. The minimum Gasteiger partial charge on any atom is -0.756 e. The Morgan fingerprint density at radius 1 is 1.34 bits per heavy atom. The number of carbonyl (C=O) groups is 3. The van der Waals surface area contributed by atoms with Gasteiger partial charge >= 0.3 is 5.97 Å². The van der Waals surface area contributed by atoms with Gasteiger partial charge in [-0.3, -0.25) is 9.36 Å². The number of ether oxygens (including phenoxy) is 1. The number of aliphatic carboxylic acids is 1. The van der Waals surface area contributed by atoms with E-state index in [0.29, 0.717) is 0 Å². The fourth-order valence-electron chi connectivity index (χ4n) is 2.49. The van der Waals surface area contributed by atoms with Crippen molar-refractivity contribution in [1.82, 2.24) is 0 Å². The molecule has 1 aromatic heterocycles. The average molecular weight is 481 g/mol. The van der Waals surface area contributed by atoms with Gasteiger partial charge in [-0.25, -0.2) is 4.79 Å². The van der Waals surface area contributed by atoms with E-state index < -0.39 is 62.9 Å². The molecule has 180 valence electrons. The zero-order valence-corrected chi connectivity index (χ0v) is 17.4. The van der Waals surface area contributed by atoms with Crippen molar-refractivity contribution in [3.05, 3.63) is 30.1 Å². The molecule has 1 fully saturated rings. The molecule has 6 atom stereocenters. The molecule has 0 bridgehead atoms. The van der Waals surface area contributed by atoms with E-state index in [-0.39, 0.29) is 18.4 Å². The number of carboxylic acids is 2. The van der Waals surface area contributed by atoms with Gasteiger partial charge in [0.2, 0.25) is 5.91 Å². The van der Waals surface area contributed by atoms with Gasteiger partial charge in [-0.1, -0.05) is 0 Å². The van der Waals surface area contributed by atoms with Gasteiger partial charge in [0.15, 0.2) is 24.5 Å². The highest BCUT2D eigenvalue weighted by Crippen LogP contribution is 2.33. The first-order chi connectivity index (χ1) is 14.7. The number of aliphatic hydroxyl groups excluding tert-OH is 2. The number of aromatic carboxylic acids is 1. The molecule has 16 heteroatoms. The van der Waals surface area contributed by atoms with Gasteiger partial charge < -0.3 is 55.7 Å². The lowest BCUT2D eigenvalue weighted by molar-refractivity contribution is -0.765. The van der Waals surface area contributed by atoms with Crippen LogP contribution in [0, 0.1) is 0 Å². The maximum Gasteiger partial charge on any atom is 0.362 e. The molecule has 0 aromatic carbocycles. The largest absolute Gasteiger partial charge is 0.756 e. The Bertz CT molecular complexity index is 862. The molecule has 1 saturated heterocycles. The highest BCUT2D eigenvalue weighted by atomic mass is 31.2. The Hall–Kier alpha value is -2.49. The Morgan fingerprint density at radius 2 is 1.97 bits per heavy atom. The van der Waals surface area contributed by atoms with Crippen LogP contribution in [0.1, 0.15) is 29.4 Å². The Kier molecular flexibility index (Phi) is 10.3. The number of nitrogens with zero attached hydrogens (tertiary/aromatic N) is 1. The first-order valence-electron chi connectivity index (χ1n) is 8.99. The molecule has 2 rings (SSSR count). The maximum absolute atomic E-state index is 10.8. The lowest BCUT2D eigenvalue weighted by atomic mass is 10.1. The fraction of sp³-hybridized carbons (Fsp3) is 0.500. The first-order valence-corrected chi connectivity index (χ1v) is 10.5. The summed E-state index contributed by atoms with van der Waals surface area (Å²) in [6.45, 7) is -0.702. The molecule has 0 saturated carbocycles. The molecule has 1 aliphatic rings. The van der Waals surface area contributed by atoms with Crippen LogP contribution in [0.4, 0.5) is 0 Å². The second-order valence-corrected chi connectivity index (χ2v) is 7.87. The number of carbonyl (C=O) groups excluding carboxylic acids is 2. The molecule has 1 unspecified atom stereocenters. The number of phosphoric acid groups is 1. The second-order valence-electron chi connectivity index (χ2n) is 6.68. The van der Waals surface area contributed by atoms with Gasteiger partial charge in [0.05, 0.1) is 18.1 Å². The molecule has 2 heterocycles. The number of hydrogen-bond donors (Lipinski definition) is 6. The number of carboxylic acid groups (broad SMARTS) is 2. The second kappa shape index (κ2) is 11.9. The minimum atomic E-state index is -4.99. The maximum atomic E-state index is 10.8.